The molecule has 0 radical (unpaired) electrons. The van der Waals surface area contributed by atoms with Crippen molar-refractivity contribution in [2.24, 2.45) is 0 Å². The van der Waals surface area contributed by atoms with Gasteiger partial charge in [0.15, 0.2) is 23.0 Å². The van der Waals surface area contributed by atoms with Crippen molar-refractivity contribution in [3.63, 3.8) is 0 Å². The topological polar surface area (TPSA) is 31.4 Å². The van der Waals surface area contributed by atoms with Gasteiger partial charge in [-0.15, -0.1) is 0 Å². The molecule has 258 valence electrons. The van der Waals surface area contributed by atoms with Crippen molar-refractivity contribution < 1.29 is 9.47 Å². The zero-order valence-electron chi connectivity index (χ0n) is 29.8. The summed E-state index contributed by atoms with van der Waals surface area (Å²) in [6.07, 6.45) is 0. The van der Waals surface area contributed by atoms with Crippen LogP contribution in [0.5, 0.6) is 23.0 Å². The summed E-state index contributed by atoms with van der Waals surface area (Å²) in [6.45, 7) is 0. The summed E-state index contributed by atoms with van der Waals surface area (Å²) >= 11 is 0. The van der Waals surface area contributed by atoms with Gasteiger partial charge in [-0.25, -0.2) is 4.98 Å². The molecule has 1 aliphatic heterocycles. The number of nitrogens with zero attached hydrogens (tertiary/aromatic N) is 1. The van der Waals surface area contributed by atoms with Crippen molar-refractivity contribution in [1.82, 2.24) is 4.98 Å². The molecule has 0 saturated heterocycles. The van der Waals surface area contributed by atoms with Gasteiger partial charge >= 0.3 is 0 Å². The maximum absolute atomic E-state index is 6.71. The average Bonchev–Trinajstić information content (AvgIpc) is 3.55. The highest BCUT2D eigenvalue weighted by atomic mass is 16.6. The molecule has 0 amide bonds. The Hall–Kier alpha value is -7.23. The molecule has 1 aliphatic carbocycles. The molecule has 3 nitrogen and oxygen atoms in total. The van der Waals surface area contributed by atoms with Crippen LogP contribution in [0.4, 0.5) is 0 Å². The predicted octanol–water partition coefficient (Wildman–Crippen LogP) is 13.5. The van der Waals surface area contributed by atoms with Gasteiger partial charge in [-0.1, -0.05) is 164 Å². The van der Waals surface area contributed by atoms with Crippen LogP contribution in [-0.2, 0) is 5.41 Å². The molecule has 9 aromatic rings. The lowest BCUT2D eigenvalue weighted by Gasteiger charge is -2.34. The van der Waals surface area contributed by atoms with Gasteiger partial charge in [0.25, 0.3) is 0 Å². The number of hydrogen-bond acceptors (Lipinski definition) is 3. The van der Waals surface area contributed by atoms with Crippen molar-refractivity contribution in [3.05, 3.63) is 222 Å². The predicted molar refractivity (Wildman–Crippen MR) is 222 cm³/mol. The Kier molecular flexibility index (Phi) is 7.08. The van der Waals surface area contributed by atoms with E-state index >= 15 is 0 Å². The second kappa shape index (κ2) is 12.4. The zero-order valence-corrected chi connectivity index (χ0v) is 29.8. The summed E-state index contributed by atoms with van der Waals surface area (Å²) in [5.74, 6) is 2.83. The first-order valence-corrected chi connectivity index (χ1v) is 18.7. The largest absolute Gasteiger partial charge is 0.450 e. The quantitative estimate of drug-likeness (QED) is 0.179. The molecule has 0 bridgehead atoms. The number of pyridine rings is 1. The average molecular weight is 704 g/mol. The Morgan fingerprint density at radius 3 is 1.71 bits per heavy atom. The standard InChI is InChI=1S/C52H33NO2/c1-4-13-36(14-5-1)46-29-28-42-40(20-12-22-47(42)53-46)35-25-23-34(24-26-35)37-27-30-48-49(31-37)55-50-32-43-41-19-10-11-21-44(41)52(38-15-6-2-7-16-38,39-17-8-3-9-18-39)45(43)33-51(50)54-48/h1-33H. The highest BCUT2D eigenvalue weighted by Gasteiger charge is 2.47. The fourth-order valence-corrected chi connectivity index (χ4v) is 8.71. The molecule has 0 spiro atoms. The van der Waals surface area contributed by atoms with Crippen LogP contribution < -0.4 is 9.47 Å². The van der Waals surface area contributed by atoms with Gasteiger partial charge in [0, 0.05) is 10.9 Å². The molecule has 0 fully saturated rings. The molecule has 0 N–H and O–H groups in total. The molecular weight excluding hydrogens is 671 g/mol. The van der Waals surface area contributed by atoms with Crippen LogP contribution in [0.25, 0.3) is 55.5 Å². The Morgan fingerprint density at radius 2 is 0.945 bits per heavy atom. The first-order chi connectivity index (χ1) is 27.2. The van der Waals surface area contributed by atoms with Crippen LogP contribution >= 0.6 is 0 Å². The van der Waals surface area contributed by atoms with Crippen molar-refractivity contribution in [3.8, 4) is 67.6 Å². The fourth-order valence-electron chi connectivity index (χ4n) is 8.71. The summed E-state index contributed by atoms with van der Waals surface area (Å²) < 4.78 is 13.4. The van der Waals surface area contributed by atoms with E-state index in [1.165, 1.54) is 27.8 Å². The first-order valence-electron chi connectivity index (χ1n) is 18.7. The molecule has 0 saturated carbocycles. The van der Waals surface area contributed by atoms with Crippen LogP contribution in [0, 0.1) is 0 Å². The SMILES string of the molecule is c1ccc(-c2ccc3c(-c4ccc(-c5ccc6c(c5)Oc5cc7c(cc5O6)C(c5ccccc5)(c5ccccc5)c5ccccc5-7)cc4)cccc3n2)cc1. The third-order valence-corrected chi connectivity index (χ3v) is 11.2. The molecule has 1 aromatic heterocycles. The number of ether oxygens (including phenoxy) is 2. The number of rotatable bonds is 5. The van der Waals surface area contributed by atoms with Gasteiger partial charge in [0.1, 0.15) is 0 Å². The number of aromatic nitrogens is 1. The Morgan fingerprint density at radius 1 is 0.345 bits per heavy atom. The van der Waals surface area contributed by atoms with E-state index in [0.717, 1.165) is 50.0 Å². The van der Waals surface area contributed by atoms with Crippen LogP contribution in [0.1, 0.15) is 22.3 Å². The highest BCUT2D eigenvalue weighted by Crippen LogP contribution is 2.59. The summed E-state index contributed by atoms with van der Waals surface area (Å²) in [4.78, 5) is 4.99. The lowest BCUT2D eigenvalue weighted by Crippen LogP contribution is -2.28. The highest BCUT2D eigenvalue weighted by molar-refractivity contribution is 5.96. The van der Waals surface area contributed by atoms with Gasteiger partial charge in [0.05, 0.1) is 16.6 Å². The Bertz CT molecular complexity index is 2860. The van der Waals surface area contributed by atoms with Gasteiger partial charge in [-0.05, 0) is 92.0 Å². The number of benzene rings is 8. The monoisotopic (exact) mass is 703 g/mol. The second-order valence-corrected chi connectivity index (χ2v) is 14.2. The minimum Gasteiger partial charge on any atom is -0.450 e. The van der Waals surface area contributed by atoms with E-state index in [9.17, 15) is 0 Å². The molecule has 11 rings (SSSR count). The van der Waals surface area contributed by atoms with Gasteiger partial charge < -0.3 is 9.47 Å². The summed E-state index contributed by atoms with van der Waals surface area (Å²) in [5.41, 5.74) is 14.3. The first kappa shape index (κ1) is 31.3. The number of fused-ring (bicyclic) bond motifs is 6. The Balaban J connectivity index is 0.940. The molecule has 0 unspecified atom stereocenters. The normalized spacial score (nSPS) is 13.2. The zero-order chi connectivity index (χ0) is 36.3. The maximum Gasteiger partial charge on any atom is 0.170 e. The minimum absolute atomic E-state index is 0.503. The van der Waals surface area contributed by atoms with Gasteiger partial charge in [-0.3, -0.25) is 0 Å². The molecular formula is C52H33NO2. The van der Waals surface area contributed by atoms with Crippen molar-refractivity contribution in [2.75, 3.05) is 0 Å². The second-order valence-electron chi connectivity index (χ2n) is 14.2. The van der Waals surface area contributed by atoms with E-state index in [1.807, 2.05) is 24.3 Å². The van der Waals surface area contributed by atoms with E-state index < -0.39 is 5.41 Å². The van der Waals surface area contributed by atoms with Crippen LogP contribution in [0.2, 0.25) is 0 Å². The van der Waals surface area contributed by atoms with Crippen LogP contribution in [-0.4, -0.2) is 4.98 Å². The van der Waals surface area contributed by atoms with Crippen molar-refractivity contribution in [1.29, 1.82) is 0 Å². The third-order valence-electron chi connectivity index (χ3n) is 11.2. The summed E-state index contributed by atoms with van der Waals surface area (Å²) in [7, 11) is 0. The van der Waals surface area contributed by atoms with Gasteiger partial charge in [-0.2, -0.15) is 0 Å². The molecule has 3 heteroatoms. The molecule has 8 aromatic carbocycles. The molecule has 55 heavy (non-hydrogen) atoms. The number of hydrogen-bond donors (Lipinski definition) is 0. The lowest BCUT2D eigenvalue weighted by molar-refractivity contribution is 0.359. The third kappa shape index (κ3) is 4.94. The molecule has 2 heterocycles. The van der Waals surface area contributed by atoms with E-state index in [4.69, 9.17) is 14.5 Å². The van der Waals surface area contributed by atoms with E-state index in [2.05, 4.69) is 176 Å². The van der Waals surface area contributed by atoms with Crippen LogP contribution in [0.15, 0.2) is 200 Å². The molecule has 0 atom stereocenters. The van der Waals surface area contributed by atoms with Crippen LogP contribution in [0.3, 0.4) is 0 Å². The van der Waals surface area contributed by atoms with Crippen molar-refractivity contribution in [2.45, 2.75) is 5.41 Å². The van der Waals surface area contributed by atoms with Gasteiger partial charge in [0.2, 0.25) is 0 Å². The maximum atomic E-state index is 6.71. The lowest BCUT2D eigenvalue weighted by atomic mass is 9.67. The summed E-state index contributed by atoms with van der Waals surface area (Å²) in [5, 5.41) is 1.13. The van der Waals surface area contributed by atoms with Crippen molar-refractivity contribution >= 4 is 10.9 Å². The minimum atomic E-state index is -0.503. The fraction of sp³-hybridized carbons (Fsp3) is 0.0192. The van der Waals surface area contributed by atoms with E-state index in [1.54, 1.807) is 0 Å². The van der Waals surface area contributed by atoms with E-state index in [-0.39, 0.29) is 0 Å². The van der Waals surface area contributed by atoms with E-state index in [0.29, 0.717) is 23.0 Å². The molecule has 2 aliphatic rings. The Labute approximate surface area is 319 Å². The smallest absolute Gasteiger partial charge is 0.170 e. The summed E-state index contributed by atoms with van der Waals surface area (Å²) in [6, 6.07) is 70.6.